The van der Waals surface area contributed by atoms with Gasteiger partial charge < -0.3 is 0 Å². The zero-order chi connectivity index (χ0) is 12.7. The Labute approximate surface area is 107 Å². The average Bonchev–Trinajstić information content (AvgIpc) is 2.68. The molecule has 1 heterocycles. The van der Waals surface area contributed by atoms with Crippen LogP contribution in [-0.4, -0.2) is 4.98 Å². The van der Waals surface area contributed by atoms with Crippen LogP contribution in [0.25, 0.3) is 21.3 Å². The molecule has 0 N–H and O–H groups in total. The number of rotatable bonds is 1. The van der Waals surface area contributed by atoms with Crippen molar-refractivity contribution in [2.24, 2.45) is 0 Å². The van der Waals surface area contributed by atoms with Crippen LogP contribution < -0.4 is 0 Å². The number of fused-ring (bicyclic) bond motifs is 1. The third kappa shape index (κ3) is 1.78. The quantitative estimate of drug-likeness (QED) is 0.626. The van der Waals surface area contributed by atoms with E-state index in [0.717, 1.165) is 15.2 Å². The first-order valence-electron chi connectivity index (χ1n) is 5.47. The van der Waals surface area contributed by atoms with Gasteiger partial charge in [0.1, 0.15) is 11.6 Å². The molecule has 0 aliphatic rings. The van der Waals surface area contributed by atoms with E-state index in [-0.39, 0.29) is 5.56 Å². The largest absolute Gasteiger partial charge is 0.241 e. The molecule has 0 saturated heterocycles. The summed E-state index contributed by atoms with van der Waals surface area (Å²) >= 11 is 1.57. The zero-order valence-corrected chi connectivity index (χ0v) is 10.4. The summed E-state index contributed by atoms with van der Waals surface area (Å²) in [6.07, 6.45) is 0. The second kappa shape index (κ2) is 4.14. The summed E-state index contributed by atoms with van der Waals surface area (Å²) in [5.41, 5.74) is 1.30. The number of nitrogens with zero attached hydrogens (tertiary/aromatic N) is 1. The van der Waals surface area contributed by atoms with E-state index in [0.29, 0.717) is 5.56 Å². The number of thiazole rings is 1. The van der Waals surface area contributed by atoms with E-state index < -0.39 is 11.6 Å². The molecule has 0 atom stereocenters. The molecule has 3 aromatic rings. The number of aromatic nitrogens is 1. The van der Waals surface area contributed by atoms with Crippen LogP contribution in [0.5, 0.6) is 0 Å². The Hall–Kier alpha value is -1.81. The van der Waals surface area contributed by atoms with E-state index in [1.54, 1.807) is 23.5 Å². The maximum atomic E-state index is 13.7. The van der Waals surface area contributed by atoms with Crippen LogP contribution in [0.2, 0.25) is 0 Å². The molecule has 90 valence electrons. The van der Waals surface area contributed by atoms with Crippen molar-refractivity contribution in [3.05, 3.63) is 53.0 Å². The minimum absolute atomic E-state index is 0.00468. The number of benzene rings is 2. The zero-order valence-electron chi connectivity index (χ0n) is 9.58. The van der Waals surface area contributed by atoms with Gasteiger partial charge in [-0.05, 0) is 36.8 Å². The summed E-state index contributed by atoms with van der Waals surface area (Å²) in [5, 5.41) is 0.941. The molecule has 4 heteroatoms. The summed E-state index contributed by atoms with van der Waals surface area (Å²) in [7, 11) is 0. The normalized spacial score (nSPS) is 11.1. The van der Waals surface area contributed by atoms with E-state index in [1.165, 1.54) is 18.2 Å². The molecule has 0 spiro atoms. The molecule has 0 unspecified atom stereocenters. The summed E-state index contributed by atoms with van der Waals surface area (Å²) in [4.78, 5) is 4.33. The van der Waals surface area contributed by atoms with Crippen molar-refractivity contribution in [1.82, 2.24) is 4.98 Å². The van der Waals surface area contributed by atoms with Gasteiger partial charge in [-0.1, -0.05) is 12.1 Å². The summed E-state index contributed by atoms with van der Waals surface area (Å²) in [5.74, 6) is -1.11. The summed E-state index contributed by atoms with van der Waals surface area (Å²) < 4.78 is 28.4. The standard InChI is InChI=1S/C14H9F2NS/c1-8-17-12-7-9(5-6-13(12)18-8)14-10(15)3-2-4-11(14)16/h2-7H,1H3. The predicted molar refractivity (Wildman–Crippen MR) is 69.7 cm³/mol. The van der Waals surface area contributed by atoms with Crippen LogP contribution in [-0.2, 0) is 0 Å². The lowest BCUT2D eigenvalue weighted by atomic mass is 10.0. The third-order valence-electron chi connectivity index (χ3n) is 2.75. The van der Waals surface area contributed by atoms with Crippen molar-refractivity contribution in [2.75, 3.05) is 0 Å². The Balaban J connectivity index is 2.25. The molecule has 0 saturated carbocycles. The van der Waals surface area contributed by atoms with Crippen LogP contribution in [0.15, 0.2) is 36.4 Å². The van der Waals surface area contributed by atoms with E-state index >= 15 is 0 Å². The van der Waals surface area contributed by atoms with Crippen molar-refractivity contribution >= 4 is 21.6 Å². The van der Waals surface area contributed by atoms with E-state index in [9.17, 15) is 8.78 Å². The number of aryl methyl sites for hydroxylation is 1. The fourth-order valence-corrected chi connectivity index (χ4v) is 2.78. The lowest BCUT2D eigenvalue weighted by Gasteiger charge is -2.04. The van der Waals surface area contributed by atoms with Gasteiger partial charge in [-0.3, -0.25) is 0 Å². The van der Waals surface area contributed by atoms with Gasteiger partial charge in [0.05, 0.1) is 20.8 Å². The first-order chi connectivity index (χ1) is 8.65. The average molecular weight is 261 g/mol. The van der Waals surface area contributed by atoms with E-state index in [2.05, 4.69) is 4.98 Å². The number of halogens is 2. The molecule has 1 nitrogen and oxygen atoms in total. The maximum absolute atomic E-state index is 13.7. The fourth-order valence-electron chi connectivity index (χ4n) is 1.97. The number of hydrogen-bond donors (Lipinski definition) is 0. The first kappa shape index (κ1) is 11.3. The second-order valence-electron chi connectivity index (χ2n) is 4.01. The van der Waals surface area contributed by atoms with Crippen LogP contribution in [0.3, 0.4) is 0 Å². The van der Waals surface area contributed by atoms with Crippen LogP contribution >= 0.6 is 11.3 Å². The minimum atomic E-state index is -0.554. The van der Waals surface area contributed by atoms with E-state index in [1.807, 2.05) is 13.0 Å². The van der Waals surface area contributed by atoms with Gasteiger partial charge in [0.15, 0.2) is 0 Å². The Morgan fingerprint density at radius 2 is 1.78 bits per heavy atom. The van der Waals surface area contributed by atoms with Gasteiger partial charge in [0, 0.05) is 0 Å². The molecule has 0 bridgehead atoms. The Morgan fingerprint density at radius 1 is 1.06 bits per heavy atom. The Morgan fingerprint density at radius 3 is 2.50 bits per heavy atom. The highest BCUT2D eigenvalue weighted by Crippen LogP contribution is 2.30. The third-order valence-corrected chi connectivity index (χ3v) is 3.70. The van der Waals surface area contributed by atoms with Gasteiger partial charge in [0.25, 0.3) is 0 Å². The summed E-state index contributed by atoms with van der Waals surface area (Å²) in [6, 6.07) is 9.17. The monoisotopic (exact) mass is 261 g/mol. The molecule has 0 fully saturated rings. The lowest BCUT2D eigenvalue weighted by molar-refractivity contribution is 0.589. The molecule has 0 aliphatic heterocycles. The second-order valence-corrected chi connectivity index (χ2v) is 5.25. The Bertz CT molecular complexity index is 713. The van der Waals surface area contributed by atoms with Crippen molar-refractivity contribution in [1.29, 1.82) is 0 Å². The highest BCUT2D eigenvalue weighted by molar-refractivity contribution is 7.18. The van der Waals surface area contributed by atoms with Gasteiger partial charge >= 0.3 is 0 Å². The molecule has 0 amide bonds. The van der Waals surface area contributed by atoms with Crippen molar-refractivity contribution in [3.63, 3.8) is 0 Å². The molecular formula is C14H9F2NS. The minimum Gasteiger partial charge on any atom is -0.241 e. The first-order valence-corrected chi connectivity index (χ1v) is 6.28. The van der Waals surface area contributed by atoms with Gasteiger partial charge in [-0.2, -0.15) is 0 Å². The highest BCUT2D eigenvalue weighted by atomic mass is 32.1. The Kier molecular flexibility index (Phi) is 2.59. The van der Waals surface area contributed by atoms with Crippen LogP contribution in [0.1, 0.15) is 5.01 Å². The highest BCUT2D eigenvalue weighted by Gasteiger charge is 2.12. The molecule has 1 aromatic heterocycles. The molecule has 0 radical (unpaired) electrons. The number of hydrogen-bond acceptors (Lipinski definition) is 2. The predicted octanol–water partition coefficient (Wildman–Crippen LogP) is 4.55. The molecule has 2 aromatic carbocycles. The summed E-state index contributed by atoms with van der Waals surface area (Å²) in [6.45, 7) is 1.91. The van der Waals surface area contributed by atoms with Gasteiger partial charge in [-0.15, -0.1) is 11.3 Å². The molecule has 18 heavy (non-hydrogen) atoms. The maximum Gasteiger partial charge on any atom is 0.133 e. The van der Waals surface area contributed by atoms with Gasteiger partial charge in [-0.25, -0.2) is 13.8 Å². The van der Waals surface area contributed by atoms with Crippen molar-refractivity contribution in [2.45, 2.75) is 6.92 Å². The van der Waals surface area contributed by atoms with Gasteiger partial charge in [0.2, 0.25) is 0 Å². The smallest absolute Gasteiger partial charge is 0.133 e. The topological polar surface area (TPSA) is 12.9 Å². The fraction of sp³-hybridized carbons (Fsp3) is 0.0714. The molecule has 3 rings (SSSR count). The molecular weight excluding hydrogens is 252 g/mol. The lowest BCUT2D eigenvalue weighted by Crippen LogP contribution is -1.89. The van der Waals surface area contributed by atoms with Crippen molar-refractivity contribution in [3.8, 4) is 11.1 Å². The van der Waals surface area contributed by atoms with E-state index in [4.69, 9.17) is 0 Å². The molecule has 0 aliphatic carbocycles. The van der Waals surface area contributed by atoms with Crippen molar-refractivity contribution < 1.29 is 8.78 Å². The van der Waals surface area contributed by atoms with Crippen LogP contribution in [0.4, 0.5) is 8.78 Å². The SMILES string of the molecule is Cc1nc2cc(-c3c(F)cccc3F)ccc2s1. The van der Waals surface area contributed by atoms with Crippen LogP contribution in [0, 0.1) is 18.6 Å².